The highest BCUT2D eigenvalue weighted by atomic mass is 16.5. The molecule has 0 unspecified atom stereocenters. The molecule has 2 aromatic carbocycles. The molecule has 0 spiro atoms. The van der Waals surface area contributed by atoms with E-state index in [1.54, 1.807) is 6.07 Å². The van der Waals surface area contributed by atoms with Gasteiger partial charge in [-0.1, -0.05) is 17.7 Å². The van der Waals surface area contributed by atoms with Crippen LogP contribution >= 0.6 is 0 Å². The van der Waals surface area contributed by atoms with Gasteiger partial charge in [-0.25, -0.2) is 0 Å². The quantitative estimate of drug-likeness (QED) is 0.496. The predicted octanol–water partition coefficient (Wildman–Crippen LogP) is 3.38. The Balaban J connectivity index is 2.02. The molecule has 4 N–H and O–H groups in total. The summed E-state index contributed by atoms with van der Waals surface area (Å²) in [6.45, 7) is 3.85. The minimum absolute atomic E-state index is 0.00102. The van der Waals surface area contributed by atoms with Crippen LogP contribution in [0.5, 0.6) is 28.7 Å². The van der Waals surface area contributed by atoms with Crippen LogP contribution in [0.25, 0.3) is 0 Å². The lowest BCUT2D eigenvalue weighted by molar-refractivity contribution is 0.0892. The zero-order chi connectivity index (χ0) is 19.0. The maximum Gasteiger partial charge on any atom is 0.181 e. The molecular formula is C20H20O6. The second-order valence-corrected chi connectivity index (χ2v) is 6.60. The Morgan fingerprint density at radius 3 is 2.54 bits per heavy atom. The van der Waals surface area contributed by atoms with Gasteiger partial charge in [0.1, 0.15) is 29.4 Å². The predicted molar refractivity (Wildman–Crippen MR) is 95.2 cm³/mol. The van der Waals surface area contributed by atoms with Crippen molar-refractivity contribution in [1.82, 2.24) is 0 Å². The van der Waals surface area contributed by atoms with Crippen molar-refractivity contribution in [3.8, 4) is 28.7 Å². The first-order valence-corrected chi connectivity index (χ1v) is 8.19. The van der Waals surface area contributed by atoms with Crippen LogP contribution in [0.15, 0.2) is 35.9 Å². The highest BCUT2D eigenvalue weighted by Crippen LogP contribution is 2.42. The Morgan fingerprint density at radius 2 is 1.85 bits per heavy atom. The van der Waals surface area contributed by atoms with E-state index in [-0.39, 0.29) is 46.7 Å². The molecule has 0 bridgehead atoms. The molecule has 0 aromatic heterocycles. The number of phenols is 4. The van der Waals surface area contributed by atoms with Crippen LogP contribution in [0.2, 0.25) is 0 Å². The number of hydrogen-bond acceptors (Lipinski definition) is 6. The summed E-state index contributed by atoms with van der Waals surface area (Å²) in [5, 5.41) is 39.7. The number of benzene rings is 2. The Bertz CT molecular complexity index is 909. The van der Waals surface area contributed by atoms with E-state index in [2.05, 4.69) is 0 Å². The van der Waals surface area contributed by atoms with Crippen LogP contribution in [0.1, 0.15) is 41.3 Å². The van der Waals surface area contributed by atoms with E-state index in [1.165, 1.54) is 12.1 Å². The summed E-state index contributed by atoms with van der Waals surface area (Å²) in [7, 11) is 0. The summed E-state index contributed by atoms with van der Waals surface area (Å²) in [5.41, 5.74) is 2.04. The number of ketones is 1. The van der Waals surface area contributed by atoms with Crippen molar-refractivity contribution >= 4 is 5.78 Å². The van der Waals surface area contributed by atoms with Crippen LogP contribution in [-0.4, -0.2) is 32.8 Å². The van der Waals surface area contributed by atoms with Crippen LogP contribution in [0.4, 0.5) is 0 Å². The molecule has 0 amide bonds. The zero-order valence-electron chi connectivity index (χ0n) is 14.5. The average molecular weight is 356 g/mol. The average Bonchev–Trinajstić information content (AvgIpc) is 2.55. The van der Waals surface area contributed by atoms with E-state index in [0.717, 1.165) is 11.6 Å². The molecule has 2 aromatic rings. The fourth-order valence-corrected chi connectivity index (χ4v) is 2.99. The number of carbonyl (C=O) groups excluding carboxylic acids is 1. The van der Waals surface area contributed by atoms with Crippen molar-refractivity contribution in [2.75, 3.05) is 6.61 Å². The SMILES string of the molecule is CC(C)=CCc1cc([C@@H]2COc3cc(O)cc(O)c3C2=O)cc(O)c1O. The van der Waals surface area contributed by atoms with Gasteiger partial charge in [-0.3, -0.25) is 4.79 Å². The van der Waals surface area contributed by atoms with E-state index in [9.17, 15) is 25.2 Å². The molecule has 1 aliphatic heterocycles. The van der Waals surface area contributed by atoms with Crippen LogP contribution in [-0.2, 0) is 6.42 Å². The summed E-state index contributed by atoms with van der Waals surface area (Å²) < 4.78 is 5.53. The van der Waals surface area contributed by atoms with Crippen molar-refractivity contribution in [2.24, 2.45) is 0 Å². The van der Waals surface area contributed by atoms with E-state index in [4.69, 9.17) is 4.74 Å². The highest BCUT2D eigenvalue weighted by Gasteiger charge is 2.34. The number of hydrogen-bond donors (Lipinski definition) is 4. The lowest BCUT2D eigenvalue weighted by Gasteiger charge is -2.25. The Kier molecular flexibility index (Phi) is 4.50. The fourth-order valence-electron chi connectivity index (χ4n) is 2.99. The van der Waals surface area contributed by atoms with Crippen molar-refractivity contribution in [2.45, 2.75) is 26.2 Å². The topological polar surface area (TPSA) is 107 Å². The Labute approximate surface area is 150 Å². The molecule has 1 aliphatic rings. The van der Waals surface area contributed by atoms with E-state index < -0.39 is 5.92 Å². The second-order valence-electron chi connectivity index (χ2n) is 6.60. The summed E-state index contributed by atoms with van der Waals surface area (Å²) >= 11 is 0. The molecule has 0 saturated heterocycles. The van der Waals surface area contributed by atoms with Gasteiger partial charge < -0.3 is 25.2 Å². The lowest BCUT2D eigenvalue weighted by atomic mass is 9.87. The largest absolute Gasteiger partial charge is 0.508 e. The van der Waals surface area contributed by atoms with Gasteiger partial charge in [-0.2, -0.15) is 0 Å². The lowest BCUT2D eigenvalue weighted by Crippen LogP contribution is -2.26. The third-order valence-corrected chi connectivity index (χ3v) is 4.36. The van der Waals surface area contributed by atoms with Crippen molar-refractivity contribution in [1.29, 1.82) is 0 Å². The standard InChI is InChI=1S/C20H20O6/c1-10(2)3-4-11-5-12(6-16(23)19(11)24)14-9-26-17-8-13(21)7-15(22)18(17)20(14)25/h3,5-8,14,21-24H,4,9H2,1-2H3/t14-/m0/s1. The zero-order valence-corrected chi connectivity index (χ0v) is 14.5. The molecule has 1 atom stereocenters. The van der Waals surface area contributed by atoms with Crippen molar-refractivity contribution < 1.29 is 30.0 Å². The molecule has 6 nitrogen and oxygen atoms in total. The van der Waals surface area contributed by atoms with Crippen molar-refractivity contribution in [3.05, 3.63) is 52.6 Å². The summed E-state index contributed by atoms with van der Waals surface area (Å²) in [5.74, 6) is -2.08. The first kappa shape index (κ1) is 17.7. The van der Waals surface area contributed by atoms with Gasteiger partial charge in [0.05, 0.1) is 5.92 Å². The summed E-state index contributed by atoms with van der Waals surface area (Å²) in [6, 6.07) is 5.34. The maximum absolute atomic E-state index is 12.8. The van der Waals surface area contributed by atoms with Gasteiger partial charge in [0.2, 0.25) is 0 Å². The molecule has 136 valence electrons. The van der Waals surface area contributed by atoms with Crippen LogP contribution in [0.3, 0.4) is 0 Å². The Hall–Kier alpha value is -3.15. The van der Waals surface area contributed by atoms with E-state index in [1.807, 2.05) is 19.9 Å². The first-order chi connectivity index (χ1) is 12.3. The van der Waals surface area contributed by atoms with E-state index in [0.29, 0.717) is 17.5 Å². The van der Waals surface area contributed by atoms with Crippen molar-refractivity contribution in [3.63, 3.8) is 0 Å². The number of Topliss-reactive ketones (excluding diaryl/α,β-unsaturated/α-hetero) is 1. The van der Waals surface area contributed by atoms with Crippen LogP contribution in [0, 0.1) is 0 Å². The monoisotopic (exact) mass is 356 g/mol. The number of rotatable bonds is 3. The molecule has 0 radical (unpaired) electrons. The van der Waals surface area contributed by atoms with Gasteiger partial charge >= 0.3 is 0 Å². The molecular weight excluding hydrogens is 336 g/mol. The minimum Gasteiger partial charge on any atom is -0.508 e. The maximum atomic E-state index is 12.8. The van der Waals surface area contributed by atoms with Gasteiger partial charge in [-0.05, 0) is 31.9 Å². The summed E-state index contributed by atoms with van der Waals surface area (Å²) in [4.78, 5) is 12.8. The van der Waals surface area contributed by atoms with Gasteiger partial charge in [0, 0.05) is 17.7 Å². The highest BCUT2D eigenvalue weighted by molar-refractivity contribution is 6.06. The Morgan fingerprint density at radius 1 is 1.12 bits per heavy atom. The first-order valence-electron chi connectivity index (χ1n) is 8.19. The van der Waals surface area contributed by atoms with Gasteiger partial charge in [0.25, 0.3) is 0 Å². The molecule has 6 heteroatoms. The third kappa shape index (κ3) is 3.18. The molecule has 1 heterocycles. The molecule has 0 saturated carbocycles. The number of ether oxygens (including phenoxy) is 1. The van der Waals surface area contributed by atoms with Gasteiger partial charge in [0.15, 0.2) is 17.3 Å². The number of phenolic OH excluding ortho intramolecular Hbond substituents is 4. The molecule has 0 aliphatic carbocycles. The molecule has 26 heavy (non-hydrogen) atoms. The third-order valence-electron chi connectivity index (χ3n) is 4.36. The number of allylic oxidation sites excluding steroid dienone is 2. The molecule has 0 fully saturated rings. The van der Waals surface area contributed by atoms with Gasteiger partial charge in [-0.15, -0.1) is 0 Å². The number of carbonyl (C=O) groups is 1. The normalized spacial score (nSPS) is 15.9. The number of fused-ring (bicyclic) bond motifs is 1. The number of aromatic hydroxyl groups is 4. The van der Waals surface area contributed by atoms with Crippen LogP contribution < -0.4 is 4.74 Å². The minimum atomic E-state index is -0.741. The summed E-state index contributed by atoms with van der Waals surface area (Å²) in [6.07, 6.45) is 2.31. The second kappa shape index (κ2) is 6.63. The fraction of sp³-hybridized carbons (Fsp3) is 0.250. The molecule has 3 rings (SSSR count). The van der Waals surface area contributed by atoms with E-state index >= 15 is 0 Å². The smallest absolute Gasteiger partial charge is 0.181 e.